The number of ether oxygens (including phenoxy) is 1. The Morgan fingerprint density at radius 1 is 1.41 bits per heavy atom. The van der Waals surface area contributed by atoms with Crippen LogP contribution in [0.15, 0.2) is 6.07 Å². The topological polar surface area (TPSA) is 62.3 Å². The monoisotopic (exact) mass is 237 g/mol. The van der Waals surface area contributed by atoms with Crippen molar-refractivity contribution in [1.82, 2.24) is 15.3 Å². The minimum atomic E-state index is 0.439. The van der Waals surface area contributed by atoms with Crippen LogP contribution in [0.3, 0.4) is 0 Å². The van der Waals surface area contributed by atoms with Gasteiger partial charge in [-0.25, -0.2) is 9.97 Å². The van der Waals surface area contributed by atoms with Crippen LogP contribution in [0.2, 0.25) is 0 Å². The summed E-state index contributed by atoms with van der Waals surface area (Å²) in [6.45, 7) is 4.39. The molecule has 94 valence electrons. The van der Waals surface area contributed by atoms with Crippen molar-refractivity contribution < 1.29 is 4.74 Å². The van der Waals surface area contributed by atoms with Crippen molar-refractivity contribution in [1.29, 1.82) is 0 Å². The normalized spacial score (nSPS) is 16.0. The van der Waals surface area contributed by atoms with Crippen LogP contribution >= 0.6 is 0 Å². The molecule has 0 radical (unpaired) electrons. The fourth-order valence-corrected chi connectivity index (χ4v) is 1.86. The summed E-state index contributed by atoms with van der Waals surface area (Å²) in [4.78, 5) is 11.1. The fraction of sp³-hybridized carbons (Fsp3) is 0.636. The van der Waals surface area contributed by atoms with Crippen molar-refractivity contribution in [2.24, 2.45) is 0 Å². The van der Waals surface area contributed by atoms with Gasteiger partial charge in [0.2, 0.25) is 0 Å². The lowest BCUT2D eigenvalue weighted by atomic mass is 10.3. The molecule has 6 heteroatoms. The molecule has 0 amide bonds. The molecule has 6 nitrogen and oxygen atoms in total. The molecule has 2 N–H and O–H groups in total. The molecule has 17 heavy (non-hydrogen) atoms. The summed E-state index contributed by atoms with van der Waals surface area (Å²) in [5.74, 6) is 2.52. The van der Waals surface area contributed by atoms with Crippen LogP contribution in [0.1, 0.15) is 5.82 Å². The first-order valence-corrected chi connectivity index (χ1v) is 5.84. The summed E-state index contributed by atoms with van der Waals surface area (Å²) in [7, 11) is 3.51. The van der Waals surface area contributed by atoms with Gasteiger partial charge in [0.05, 0.1) is 0 Å². The van der Waals surface area contributed by atoms with Crippen LogP contribution in [0.4, 0.5) is 11.6 Å². The predicted octanol–water partition coefficient (Wildman–Crippen LogP) is 0.0743. The second kappa shape index (κ2) is 5.79. The van der Waals surface area contributed by atoms with Crippen molar-refractivity contribution >= 4 is 11.6 Å². The Labute approximate surface area is 101 Å². The Morgan fingerprint density at radius 3 is 2.82 bits per heavy atom. The van der Waals surface area contributed by atoms with E-state index in [-0.39, 0.29) is 0 Å². The molecule has 1 aliphatic rings. The molecule has 1 fully saturated rings. The minimum Gasteiger partial charge on any atom is -0.377 e. The number of hydrogen-bond donors (Lipinski definition) is 2. The third-order valence-corrected chi connectivity index (χ3v) is 2.73. The van der Waals surface area contributed by atoms with Gasteiger partial charge in [-0.3, -0.25) is 0 Å². The Hall–Kier alpha value is -1.40. The van der Waals surface area contributed by atoms with E-state index in [0.29, 0.717) is 12.4 Å². The van der Waals surface area contributed by atoms with Crippen molar-refractivity contribution in [2.45, 2.75) is 6.61 Å². The van der Waals surface area contributed by atoms with Gasteiger partial charge >= 0.3 is 0 Å². The molecule has 0 unspecified atom stereocenters. The van der Waals surface area contributed by atoms with Gasteiger partial charge in [-0.2, -0.15) is 0 Å². The first-order valence-electron chi connectivity index (χ1n) is 5.84. The van der Waals surface area contributed by atoms with E-state index >= 15 is 0 Å². The lowest BCUT2D eigenvalue weighted by molar-refractivity contribution is 0.178. The second-order valence-electron chi connectivity index (χ2n) is 3.95. The molecule has 0 aliphatic carbocycles. The van der Waals surface area contributed by atoms with Crippen LogP contribution < -0.4 is 15.5 Å². The van der Waals surface area contributed by atoms with E-state index in [1.165, 1.54) is 0 Å². The van der Waals surface area contributed by atoms with Gasteiger partial charge in [0.25, 0.3) is 0 Å². The van der Waals surface area contributed by atoms with Crippen molar-refractivity contribution in [3.05, 3.63) is 11.9 Å². The number of aromatic nitrogens is 2. The van der Waals surface area contributed by atoms with Gasteiger partial charge in [-0.15, -0.1) is 0 Å². The first kappa shape index (κ1) is 12.1. The summed E-state index contributed by atoms with van der Waals surface area (Å²) in [5.41, 5.74) is 0. The summed E-state index contributed by atoms with van der Waals surface area (Å²) >= 11 is 0. The molecule has 0 saturated carbocycles. The molecular formula is C11H19N5O. The van der Waals surface area contributed by atoms with E-state index in [2.05, 4.69) is 25.5 Å². The number of rotatable bonds is 4. The van der Waals surface area contributed by atoms with E-state index in [0.717, 1.165) is 37.8 Å². The van der Waals surface area contributed by atoms with Gasteiger partial charge in [-0.05, 0) is 0 Å². The van der Waals surface area contributed by atoms with Crippen molar-refractivity contribution in [3.63, 3.8) is 0 Å². The number of nitrogens with zero attached hydrogens (tertiary/aromatic N) is 3. The van der Waals surface area contributed by atoms with Crippen LogP contribution in [-0.4, -0.2) is 50.3 Å². The van der Waals surface area contributed by atoms with E-state index in [4.69, 9.17) is 4.74 Å². The molecule has 1 saturated heterocycles. The second-order valence-corrected chi connectivity index (χ2v) is 3.95. The maximum atomic E-state index is 5.09. The number of anilines is 2. The average molecular weight is 237 g/mol. The lowest BCUT2D eigenvalue weighted by Gasteiger charge is -2.28. The Kier molecular flexibility index (Phi) is 4.11. The number of hydrogen-bond acceptors (Lipinski definition) is 6. The molecular weight excluding hydrogens is 218 g/mol. The van der Waals surface area contributed by atoms with E-state index < -0.39 is 0 Å². The van der Waals surface area contributed by atoms with Gasteiger partial charge in [0, 0.05) is 46.4 Å². The van der Waals surface area contributed by atoms with Crippen LogP contribution in [0.25, 0.3) is 0 Å². The first-order chi connectivity index (χ1) is 8.33. The highest BCUT2D eigenvalue weighted by atomic mass is 16.5. The van der Waals surface area contributed by atoms with Crippen LogP contribution in [-0.2, 0) is 11.3 Å². The number of nitrogens with one attached hydrogen (secondary N) is 2. The molecule has 0 bridgehead atoms. The highest BCUT2D eigenvalue weighted by molar-refractivity contribution is 5.49. The summed E-state index contributed by atoms with van der Waals surface area (Å²) < 4.78 is 5.09. The third-order valence-electron chi connectivity index (χ3n) is 2.73. The molecule has 1 aromatic heterocycles. The van der Waals surface area contributed by atoms with Crippen molar-refractivity contribution in [2.75, 3.05) is 50.6 Å². The number of methoxy groups -OCH3 is 1. The Morgan fingerprint density at radius 2 is 2.18 bits per heavy atom. The quantitative estimate of drug-likeness (QED) is 0.773. The fourth-order valence-electron chi connectivity index (χ4n) is 1.86. The van der Waals surface area contributed by atoms with E-state index in [1.807, 2.05) is 13.1 Å². The predicted molar refractivity (Wildman–Crippen MR) is 67.4 cm³/mol. The molecule has 0 aromatic carbocycles. The highest BCUT2D eigenvalue weighted by Gasteiger charge is 2.13. The largest absolute Gasteiger partial charge is 0.377 e. The standard InChI is InChI=1S/C11H19N5O/c1-12-9-7-11(15-10(14-9)8-17-2)16-5-3-13-4-6-16/h7,13H,3-6,8H2,1-2H3,(H,12,14,15). The Balaban J connectivity index is 2.21. The minimum absolute atomic E-state index is 0.439. The maximum absolute atomic E-state index is 5.09. The zero-order valence-corrected chi connectivity index (χ0v) is 10.4. The van der Waals surface area contributed by atoms with Gasteiger partial charge < -0.3 is 20.3 Å². The van der Waals surface area contributed by atoms with Crippen molar-refractivity contribution in [3.8, 4) is 0 Å². The average Bonchev–Trinajstić information content (AvgIpc) is 2.40. The van der Waals surface area contributed by atoms with Gasteiger partial charge in [0.1, 0.15) is 18.2 Å². The molecule has 0 spiro atoms. The van der Waals surface area contributed by atoms with E-state index in [9.17, 15) is 0 Å². The molecule has 0 atom stereocenters. The smallest absolute Gasteiger partial charge is 0.158 e. The molecule has 1 aromatic rings. The number of piperazine rings is 1. The lowest BCUT2D eigenvalue weighted by Crippen LogP contribution is -2.44. The maximum Gasteiger partial charge on any atom is 0.158 e. The summed E-state index contributed by atoms with van der Waals surface area (Å²) in [6, 6.07) is 1.98. The highest BCUT2D eigenvalue weighted by Crippen LogP contribution is 2.16. The summed E-state index contributed by atoms with van der Waals surface area (Å²) in [5, 5.41) is 6.38. The van der Waals surface area contributed by atoms with Gasteiger partial charge in [-0.1, -0.05) is 0 Å². The Bertz CT molecular complexity index is 365. The van der Waals surface area contributed by atoms with Gasteiger partial charge in [0.15, 0.2) is 5.82 Å². The molecule has 2 heterocycles. The van der Waals surface area contributed by atoms with Crippen LogP contribution in [0, 0.1) is 0 Å². The zero-order valence-electron chi connectivity index (χ0n) is 10.4. The van der Waals surface area contributed by atoms with Crippen LogP contribution in [0.5, 0.6) is 0 Å². The molecule has 2 rings (SSSR count). The zero-order chi connectivity index (χ0) is 12.1. The third kappa shape index (κ3) is 3.04. The SMILES string of the molecule is CNc1cc(N2CCNCC2)nc(COC)n1. The summed E-state index contributed by atoms with van der Waals surface area (Å²) in [6.07, 6.45) is 0. The molecule has 1 aliphatic heterocycles. The van der Waals surface area contributed by atoms with E-state index in [1.54, 1.807) is 7.11 Å².